The highest BCUT2D eigenvalue weighted by atomic mass is 35.5. The molecule has 1 atom stereocenters. The van der Waals surface area contributed by atoms with Crippen molar-refractivity contribution in [1.82, 2.24) is 14.8 Å². The molecule has 0 saturated carbocycles. The number of hydrogen-bond acceptors (Lipinski definition) is 3. The zero-order chi connectivity index (χ0) is 12.4. The average molecular weight is 279 g/mol. The third-order valence-electron chi connectivity index (χ3n) is 3.78. The van der Waals surface area contributed by atoms with E-state index in [0.717, 1.165) is 37.5 Å². The van der Waals surface area contributed by atoms with Crippen LogP contribution in [-0.4, -0.2) is 14.8 Å². The molecule has 4 nitrogen and oxygen atoms in total. The van der Waals surface area contributed by atoms with Gasteiger partial charge in [0.2, 0.25) is 0 Å². The maximum atomic E-state index is 5.69. The van der Waals surface area contributed by atoms with Crippen LogP contribution < -0.4 is 5.73 Å². The van der Waals surface area contributed by atoms with Gasteiger partial charge in [-0.2, -0.15) is 0 Å². The van der Waals surface area contributed by atoms with Gasteiger partial charge in [-0.05, 0) is 24.3 Å². The highest BCUT2D eigenvalue weighted by Gasteiger charge is 2.20. The van der Waals surface area contributed by atoms with Gasteiger partial charge in [-0.3, -0.25) is 0 Å². The summed E-state index contributed by atoms with van der Waals surface area (Å²) in [6.07, 6.45) is 3.28. The number of aromatic nitrogens is 3. The Morgan fingerprint density at radius 3 is 2.68 bits per heavy atom. The second-order valence-corrected chi connectivity index (χ2v) is 4.82. The maximum Gasteiger partial charge on any atom is 0.146 e. The van der Waals surface area contributed by atoms with Crippen LogP contribution >= 0.6 is 12.4 Å². The number of rotatable bonds is 2. The number of aryl methyl sites for hydroxylation is 1. The fraction of sp³-hybridized carbons (Fsp3) is 0.429. The number of benzene rings is 1. The topological polar surface area (TPSA) is 56.7 Å². The Morgan fingerprint density at radius 1 is 1.16 bits per heavy atom. The molecule has 0 fully saturated rings. The van der Waals surface area contributed by atoms with E-state index in [9.17, 15) is 0 Å². The number of hydrogen-bond donors (Lipinski definition) is 1. The average Bonchev–Trinajstić information content (AvgIpc) is 2.70. The van der Waals surface area contributed by atoms with Gasteiger partial charge in [0.15, 0.2) is 0 Å². The molecular formula is C14H19ClN4. The molecule has 0 saturated heterocycles. The van der Waals surface area contributed by atoms with Gasteiger partial charge >= 0.3 is 0 Å². The molecule has 2 N–H and O–H groups in total. The third-order valence-corrected chi connectivity index (χ3v) is 3.78. The fourth-order valence-electron chi connectivity index (χ4n) is 2.76. The zero-order valence-corrected chi connectivity index (χ0v) is 11.6. The fourth-order valence-corrected chi connectivity index (χ4v) is 2.76. The molecule has 5 heteroatoms. The second kappa shape index (κ2) is 6.17. The van der Waals surface area contributed by atoms with Gasteiger partial charge in [0, 0.05) is 13.0 Å². The molecule has 0 bridgehead atoms. The van der Waals surface area contributed by atoms with E-state index in [4.69, 9.17) is 5.73 Å². The third kappa shape index (κ3) is 2.80. The van der Waals surface area contributed by atoms with Crippen LogP contribution in [0.3, 0.4) is 0 Å². The Hall–Kier alpha value is -1.39. The zero-order valence-electron chi connectivity index (χ0n) is 10.8. The van der Waals surface area contributed by atoms with E-state index in [0.29, 0.717) is 12.5 Å². The summed E-state index contributed by atoms with van der Waals surface area (Å²) in [6.45, 7) is 1.46. The highest BCUT2D eigenvalue weighted by Crippen LogP contribution is 2.28. The molecule has 0 amide bonds. The first-order valence-electron chi connectivity index (χ1n) is 6.54. The molecule has 1 aliphatic heterocycles. The predicted molar refractivity (Wildman–Crippen MR) is 77.3 cm³/mol. The second-order valence-electron chi connectivity index (χ2n) is 4.82. The molecule has 19 heavy (non-hydrogen) atoms. The van der Waals surface area contributed by atoms with Gasteiger partial charge < -0.3 is 10.3 Å². The minimum atomic E-state index is 0. The molecule has 0 aliphatic carbocycles. The van der Waals surface area contributed by atoms with E-state index in [-0.39, 0.29) is 12.4 Å². The van der Waals surface area contributed by atoms with Gasteiger partial charge in [-0.25, -0.2) is 0 Å². The highest BCUT2D eigenvalue weighted by molar-refractivity contribution is 5.85. The van der Waals surface area contributed by atoms with E-state index >= 15 is 0 Å². The van der Waals surface area contributed by atoms with Gasteiger partial charge in [0.05, 0.1) is 6.54 Å². The van der Waals surface area contributed by atoms with Crippen LogP contribution in [0, 0.1) is 0 Å². The summed E-state index contributed by atoms with van der Waals surface area (Å²) < 4.78 is 2.20. The molecule has 0 spiro atoms. The normalized spacial score (nSPS) is 18.3. The van der Waals surface area contributed by atoms with Crippen molar-refractivity contribution in [3.8, 4) is 0 Å². The molecule has 1 unspecified atom stereocenters. The van der Waals surface area contributed by atoms with Gasteiger partial charge in [0.25, 0.3) is 0 Å². The monoisotopic (exact) mass is 278 g/mol. The minimum Gasteiger partial charge on any atom is -0.324 e. The SMILES string of the molecule is Cl.NCc1nnc2n1CCC(c1ccccc1)CC2. The van der Waals surface area contributed by atoms with E-state index in [1.807, 2.05) is 0 Å². The predicted octanol–water partition coefficient (Wildman–Crippen LogP) is 2.28. The molecule has 2 aromatic rings. The van der Waals surface area contributed by atoms with Crippen molar-refractivity contribution in [2.45, 2.75) is 38.3 Å². The molecule has 1 aromatic heterocycles. The Balaban J connectivity index is 0.00000133. The Morgan fingerprint density at radius 2 is 1.95 bits per heavy atom. The number of nitrogens with two attached hydrogens (primary N) is 1. The minimum absolute atomic E-state index is 0. The lowest BCUT2D eigenvalue weighted by molar-refractivity contribution is 0.548. The van der Waals surface area contributed by atoms with Gasteiger partial charge in [0.1, 0.15) is 11.6 Å². The van der Waals surface area contributed by atoms with Crippen LogP contribution in [0.15, 0.2) is 30.3 Å². The van der Waals surface area contributed by atoms with Crippen LogP contribution in [0.25, 0.3) is 0 Å². The number of nitrogens with zero attached hydrogens (tertiary/aromatic N) is 3. The van der Waals surface area contributed by atoms with Crippen molar-refractivity contribution in [3.63, 3.8) is 0 Å². The van der Waals surface area contributed by atoms with Crippen LogP contribution in [-0.2, 0) is 19.5 Å². The molecule has 1 aromatic carbocycles. The standard InChI is InChI=1S/C14H18N4.ClH/c15-10-14-17-16-13-7-6-12(8-9-18(13)14)11-4-2-1-3-5-11;/h1-5,12H,6-10,15H2;1H. The van der Waals surface area contributed by atoms with E-state index in [1.54, 1.807) is 0 Å². The molecule has 1 aliphatic rings. The first-order valence-corrected chi connectivity index (χ1v) is 6.54. The Kier molecular flexibility index (Phi) is 4.56. The number of halogens is 1. The molecule has 0 radical (unpaired) electrons. The lowest BCUT2D eigenvalue weighted by Crippen LogP contribution is -2.10. The summed E-state index contributed by atoms with van der Waals surface area (Å²) in [7, 11) is 0. The van der Waals surface area contributed by atoms with Crippen molar-refractivity contribution in [3.05, 3.63) is 47.5 Å². The van der Waals surface area contributed by atoms with Crippen LogP contribution in [0.2, 0.25) is 0 Å². The van der Waals surface area contributed by atoms with Gasteiger partial charge in [-0.15, -0.1) is 22.6 Å². The molecule has 3 rings (SSSR count). The van der Waals surface area contributed by atoms with Crippen LogP contribution in [0.5, 0.6) is 0 Å². The van der Waals surface area contributed by atoms with Crippen LogP contribution in [0.1, 0.15) is 36.0 Å². The summed E-state index contributed by atoms with van der Waals surface area (Å²) in [5.41, 5.74) is 7.13. The lowest BCUT2D eigenvalue weighted by Gasteiger charge is -2.14. The maximum absolute atomic E-state index is 5.69. The van der Waals surface area contributed by atoms with E-state index < -0.39 is 0 Å². The first kappa shape index (κ1) is 14.0. The van der Waals surface area contributed by atoms with Crippen molar-refractivity contribution >= 4 is 12.4 Å². The lowest BCUT2D eigenvalue weighted by atomic mass is 9.92. The smallest absolute Gasteiger partial charge is 0.146 e. The molecule has 102 valence electrons. The molecule has 2 heterocycles. The quantitative estimate of drug-likeness (QED) is 0.917. The van der Waals surface area contributed by atoms with Crippen LogP contribution in [0.4, 0.5) is 0 Å². The van der Waals surface area contributed by atoms with E-state index in [1.165, 1.54) is 5.56 Å². The summed E-state index contributed by atoms with van der Waals surface area (Å²) in [5, 5.41) is 8.39. The summed E-state index contributed by atoms with van der Waals surface area (Å²) in [4.78, 5) is 0. The summed E-state index contributed by atoms with van der Waals surface area (Å²) in [5.74, 6) is 2.63. The first-order chi connectivity index (χ1) is 8.88. The van der Waals surface area contributed by atoms with E-state index in [2.05, 4.69) is 45.1 Å². The summed E-state index contributed by atoms with van der Waals surface area (Å²) in [6, 6.07) is 10.8. The van der Waals surface area contributed by atoms with Crippen molar-refractivity contribution in [2.24, 2.45) is 5.73 Å². The van der Waals surface area contributed by atoms with Gasteiger partial charge in [-0.1, -0.05) is 30.3 Å². The summed E-state index contributed by atoms with van der Waals surface area (Å²) >= 11 is 0. The Labute approximate surface area is 119 Å². The largest absolute Gasteiger partial charge is 0.324 e. The van der Waals surface area contributed by atoms with Crippen molar-refractivity contribution in [2.75, 3.05) is 0 Å². The van der Waals surface area contributed by atoms with Crippen molar-refractivity contribution < 1.29 is 0 Å². The molecular weight excluding hydrogens is 260 g/mol. The van der Waals surface area contributed by atoms with Crippen molar-refractivity contribution in [1.29, 1.82) is 0 Å². The Bertz CT molecular complexity index is 523. The number of fused-ring (bicyclic) bond motifs is 1.